The maximum absolute atomic E-state index is 12.8. The summed E-state index contributed by atoms with van der Waals surface area (Å²) in [6.07, 6.45) is 5.08. The Balaban J connectivity index is 1.65. The van der Waals surface area contributed by atoms with E-state index in [2.05, 4.69) is 4.98 Å². The molecule has 1 aromatic heterocycles. The predicted octanol–water partition coefficient (Wildman–Crippen LogP) is 2.31. The Morgan fingerprint density at radius 2 is 2.04 bits per heavy atom. The van der Waals surface area contributed by atoms with Gasteiger partial charge in [-0.15, -0.1) is 0 Å². The second-order valence-electron chi connectivity index (χ2n) is 7.02. The van der Waals surface area contributed by atoms with Gasteiger partial charge in [0.25, 0.3) is 5.91 Å². The van der Waals surface area contributed by atoms with Gasteiger partial charge in [0.15, 0.2) is 9.84 Å². The van der Waals surface area contributed by atoms with Crippen LogP contribution in [0.15, 0.2) is 18.2 Å². The van der Waals surface area contributed by atoms with Crippen molar-refractivity contribution in [2.24, 2.45) is 0 Å². The number of fused-ring (bicyclic) bond motifs is 3. The summed E-state index contributed by atoms with van der Waals surface area (Å²) in [4.78, 5) is 17.9. The van der Waals surface area contributed by atoms with Gasteiger partial charge in [-0.3, -0.25) is 4.79 Å². The maximum Gasteiger partial charge on any atom is 0.253 e. The van der Waals surface area contributed by atoms with Crippen LogP contribution in [0, 0.1) is 0 Å². The number of H-pyrrole nitrogens is 1. The molecule has 1 aliphatic heterocycles. The van der Waals surface area contributed by atoms with Crippen molar-refractivity contribution in [3.05, 3.63) is 35.0 Å². The SMILES string of the molecule is CN(C(=O)c1ccc2[nH]c3c(c2c1)CCCC3)[C@@H]1CCS(=O)(=O)C1. The molecule has 1 N–H and O–H groups in total. The fraction of sp³-hybridized carbons (Fsp3) is 0.500. The molecule has 0 radical (unpaired) electrons. The Morgan fingerprint density at radius 1 is 1.25 bits per heavy atom. The van der Waals surface area contributed by atoms with Gasteiger partial charge < -0.3 is 9.88 Å². The number of benzene rings is 1. The van der Waals surface area contributed by atoms with Crippen LogP contribution in [0.4, 0.5) is 0 Å². The van der Waals surface area contributed by atoms with Gasteiger partial charge in [-0.05, 0) is 55.9 Å². The number of aryl methyl sites for hydroxylation is 2. The molecule has 0 unspecified atom stereocenters. The highest BCUT2D eigenvalue weighted by molar-refractivity contribution is 7.91. The zero-order valence-corrected chi connectivity index (χ0v) is 14.7. The van der Waals surface area contributed by atoms with Crippen LogP contribution in [0.1, 0.15) is 40.9 Å². The largest absolute Gasteiger partial charge is 0.358 e. The third-order valence-electron chi connectivity index (χ3n) is 5.42. The van der Waals surface area contributed by atoms with E-state index in [1.807, 2.05) is 18.2 Å². The highest BCUT2D eigenvalue weighted by Crippen LogP contribution is 2.30. The molecule has 1 saturated heterocycles. The van der Waals surface area contributed by atoms with Gasteiger partial charge >= 0.3 is 0 Å². The van der Waals surface area contributed by atoms with E-state index < -0.39 is 9.84 Å². The highest BCUT2D eigenvalue weighted by atomic mass is 32.2. The molecule has 2 aromatic rings. The van der Waals surface area contributed by atoms with Crippen LogP contribution in [-0.4, -0.2) is 48.8 Å². The van der Waals surface area contributed by atoms with E-state index in [1.54, 1.807) is 11.9 Å². The summed E-state index contributed by atoms with van der Waals surface area (Å²) in [5.74, 6) is 0.168. The van der Waals surface area contributed by atoms with Crippen molar-refractivity contribution in [1.82, 2.24) is 9.88 Å². The molecule has 0 saturated carbocycles. The number of aromatic nitrogens is 1. The quantitative estimate of drug-likeness (QED) is 0.907. The van der Waals surface area contributed by atoms with Crippen LogP contribution in [0.25, 0.3) is 10.9 Å². The van der Waals surface area contributed by atoms with Crippen molar-refractivity contribution in [3.8, 4) is 0 Å². The number of hydrogen-bond donors (Lipinski definition) is 1. The van der Waals surface area contributed by atoms with Crippen LogP contribution in [0.2, 0.25) is 0 Å². The average molecular weight is 346 g/mol. The third-order valence-corrected chi connectivity index (χ3v) is 7.17. The van der Waals surface area contributed by atoms with Gasteiger partial charge in [0.1, 0.15) is 0 Å². The standard InChI is InChI=1S/C18H22N2O3S/c1-20(13-8-9-24(22,23)11-13)18(21)12-6-7-17-15(10-12)14-4-2-3-5-16(14)19-17/h6-7,10,13,19H,2-5,8-9,11H2,1H3/t13-/m1/s1. The van der Waals surface area contributed by atoms with Crippen molar-refractivity contribution >= 4 is 26.6 Å². The molecule has 5 nitrogen and oxygen atoms in total. The van der Waals surface area contributed by atoms with Crippen LogP contribution in [-0.2, 0) is 22.7 Å². The summed E-state index contributed by atoms with van der Waals surface area (Å²) in [5.41, 5.74) is 4.37. The number of carbonyl (C=O) groups is 1. The first-order valence-electron chi connectivity index (χ1n) is 8.56. The number of hydrogen-bond acceptors (Lipinski definition) is 3. The monoisotopic (exact) mass is 346 g/mol. The lowest BCUT2D eigenvalue weighted by Crippen LogP contribution is -2.37. The number of aromatic amines is 1. The second kappa shape index (κ2) is 5.62. The molecular weight excluding hydrogens is 324 g/mol. The molecule has 1 aromatic carbocycles. The van der Waals surface area contributed by atoms with Gasteiger partial charge in [0, 0.05) is 35.2 Å². The first kappa shape index (κ1) is 15.7. The lowest BCUT2D eigenvalue weighted by molar-refractivity contribution is 0.0748. The first-order chi connectivity index (χ1) is 11.4. The molecule has 2 aliphatic rings. The lowest BCUT2D eigenvalue weighted by atomic mass is 9.95. The maximum atomic E-state index is 12.8. The Hall–Kier alpha value is -1.82. The van der Waals surface area contributed by atoms with Gasteiger partial charge in [-0.1, -0.05) is 0 Å². The van der Waals surface area contributed by atoms with E-state index in [0.29, 0.717) is 12.0 Å². The van der Waals surface area contributed by atoms with E-state index in [9.17, 15) is 13.2 Å². The predicted molar refractivity (Wildman–Crippen MR) is 94.1 cm³/mol. The Labute approximate surface area is 142 Å². The number of nitrogens with one attached hydrogen (secondary N) is 1. The van der Waals surface area contributed by atoms with Crippen molar-refractivity contribution in [1.29, 1.82) is 0 Å². The molecule has 24 heavy (non-hydrogen) atoms. The zero-order chi connectivity index (χ0) is 16.9. The number of sulfone groups is 1. The van der Waals surface area contributed by atoms with Crippen LogP contribution in [0.3, 0.4) is 0 Å². The molecule has 1 aliphatic carbocycles. The molecule has 6 heteroatoms. The van der Waals surface area contributed by atoms with Crippen molar-refractivity contribution in [2.75, 3.05) is 18.6 Å². The molecule has 128 valence electrons. The average Bonchev–Trinajstić information content (AvgIpc) is 3.12. The first-order valence-corrected chi connectivity index (χ1v) is 10.4. The van der Waals surface area contributed by atoms with Crippen LogP contribution in [0.5, 0.6) is 0 Å². The van der Waals surface area contributed by atoms with E-state index in [0.717, 1.165) is 23.7 Å². The van der Waals surface area contributed by atoms with Gasteiger partial charge in [-0.2, -0.15) is 0 Å². The van der Waals surface area contributed by atoms with E-state index in [1.165, 1.54) is 24.1 Å². The fourth-order valence-corrected chi connectivity index (χ4v) is 5.76. The van der Waals surface area contributed by atoms with Crippen LogP contribution >= 0.6 is 0 Å². The molecule has 1 atom stereocenters. The Bertz CT molecular complexity index is 914. The summed E-state index contributed by atoms with van der Waals surface area (Å²) in [6.45, 7) is 0. The summed E-state index contributed by atoms with van der Waals surface area (Å²) < 4.78 is 23.3. The summed E-state index contributed by atoms with van der Waals surface area (Å²) in [7, 11) is -1.28. The van der Waals surface area contributed by atoms with Crippen molar-refractivity contribution in [3.63, 3.8) is 0 Å². The molecule has 4 rings (SSSR count). The molecule has 2 heterocycles. The molecule has 0 bridgehead atoms. The topological polar surface area (TPSA) is 70.2 Å². The zero-order valence-electron chi connectivity index (χ0n) is 13.8. The Morgan fingerprint density at radius 3 is 2.79 bits per heavy atom. The van der Waals surface area contributed by atoms with Crippen molar-refractivity contribution in [2.45, 2.75) is 38.1 Å². The smallest absolute Gasteiger partial charge is 0.253 e. The minimum absolute atomic E-state index is 0.0804. The van der Waals surface area contributed by atoms with E-state index >= 15 is 0 Å². The molecule has 0 spiro atoms. The fourth-order valence-electron chi connectivity index (χ4n) is 3.99. The highest BCUT2D eigenvalue weighted by Gasteiger charge is 2.33. The summed E-state index contributed by atoms with van der Waals surface area (Å²) >= 11 is 0. The summed E-state index contributed by atoms with van der Waals surface area (Å²) in [5, 5.41) is 1.14. The number of nitrogens with zero attached hydrogens (tertiary/aromatic N) is 1. The number of rotatable bonds is 2. The van der Waals surface area contributed by atoms with Gasteiger partial charge in [0.2, 0.25) is 0 Å². The van der Waals surface area contributed by atoms with Gasteiger partial charge in [-0.25, -0.2) is 8.42 Å². The van der Waals surface area contributed by atoms with Gasteiger partial charge in [0.05, 0.1) is 11.5 Å². The minimum atomic E-state index is -2.99. The van der Waals surface area contributed by atoms with Crippen molar-refractivity contribution < 1.29 is 13.2 Å². The van der Waals surface area contributed by atoms with E-state index in [-0.39, 0.29) is 23.5 Å². The third kappa shape index (κ3) is 2.62. The van der Waals surface area contributed by atoms with Crippen LogP contribution < -0.4 is 0 Å². The lowest BCUT2D eigenvalue weighted by Gasteiger charge is -2.23. The number of carbonyl (C=O) groups excluding carboxylic acids is 1. The second-order valence-corrected chi connectivity index (χ2v) is 9.25. The normalized spacial score (nSPS) is 22.5. The Kier molecular flexibility index (Phi) is 3.67. The molecule has 1 amide bonds. The molecule has 1 fully saturated rings. The summed E-state index contributed by atoms with van der Waals surface area (Å²) in [6, 6.07) is 5.57. The van der Waals surface area contributed by atoms with E-state index in [4.69, 9.17) is 0 Å². The number of amides is 1. The molecular formula is C18H22N2O3S. The minimum Gasteiger partial charge on any atom is -0.358 e.